The maximum atomic E-state index is 12.7. The Balaban J connectivity index is 1.45. The van der Waals surface area contributed by atoms with Gasteiger partial charge in [-0.1, -0.05) is 23.8 Å². The van der Waals surface area contributed by atoms with Crippen LogP contribution in [0.25, 0.3) is 0 Å². The van der Waals surface area contributed by atoms with Crippen LogP contribution in [0, 0.1) is 6.92 Å². The van der Waals surface area contributed by atoms with Crippen molar-refractivity contribution in [2.45, 2.75) is 38.2 Å². The summed E-state index contributed by atoms with van der Waals surface area (Å²) in [4.78, 5) is 6.71. The lowest BCUT2D eigenvalue weighted by molar-refractivity contribution is -0.137. The second-order valence-corrected chi connectivity index (χ2v) is 8.30. The first-order chi connectivity index (χ1) is 15.2. The maximum absolute atomic E-state index is 12.7. The predicted molar refractivity (Wildman–Crippen MR) is 114 cm³/mol. The van der Waals surface area contributed by atoms with Crippen molar-refractivity contribution < 1.29 is 23.0 Å². The number of halogens is 3. The number of ether oxygens (including phenoxy) is 1. The number of imidazole rings is 1. The molecule has 0 aliphatic carbocycles. The normalized spacial score (nSPS) is 17.8. The average Bonchev–Trinajstić information content (AvgIpc) is 3.17. The van der Waals surface area contributed by atoms with Crippen LogP contribution in [0.15, 0.2) is 54.9 Å². The van der Waals surface area contributed by atoms with Crippen LogP contribution in [0.5, 0.6) is 5.75 Å². The Labute approximate surface area is 185 Å². The van der Waals surface area contributed by atoms with Crippen molar-refractivity contribution in [3.05, 3.63) is 82.9 Å². The van der Waals surface area contributed by atoms with E-state index in [4.69, 9.17) is 4.74 Å². The number of hydrogen-bond acceptors (Lipinski definition) is 4. The van der Waals surface area contributed by atoms with Crippen molar-refractivity contribution >= 4 is 0 Å². The summed E-state index contributed by atoms with van der Waals surface area (Å²) in [6.07, 6.45) is -0.741. The molecule has 0 spiro atoms. The van der Waals surface area contributed by atoms with Gasteiger partial charge in [-0.15, -0.1) is 0 Å². The Morgan fingerprint density at radius 2 is 1.91 bits per heavy atom. The minimum absolute atomic E-state index is 0.00465. The van der Waals surface area contributed by atoms with E-state index in [1.165, 1.54) is 28.8 Å². The van der Waals surface area contributed by atoms with Gasteiger partial charge >= 0.3 is 6.18 Å². The molecule has 0 radical (unpaired) electrons. The summed E-state index contributed by atoms with van der Waals surface area (Å²) in [6, 6.07) is 10.9. The lowest BCUT2D eigenvalue weighted by Gasteiger charge is -2.37. The van der Waals surface area contributed by atoms with Crippen molar-refractivity contribution in [2.24, 2.45) is 7.05 Å². The van der Waals surface area contributed by atoms with Crippen molar-refractivity contribution in [3.8, 4) is 5.75 Å². The summed E-state index contributed by atoms with van der Waals surface area (Å²) < 4.78 is 45.7. The minimum Gasteiger partial charge on any atom is -0.491 e. The molecule has 1 aromatic heterocycles. The number of aliphatic hydroxyl groups excluding tert-OH is 1. The Morgan fingerprint density at radius 3 is 2.56 bits per heavy atom. The van der Waals surface area contributed by atoms with Gasteiger partial charge in [0, 0.05) is 32.5 Å². The number of hydrogen-bond donors (Lipinski definition) is 1. The van der Waals surface area contributed by atoms with E-state index >= 15 is 0 Å². The Hall–Kier alpha value is -2.84. The van der Waals surface area contributed by atoms with Crippen LogP contribution in [0.2, 0.25) is 0 Å². The van der Waals surface area contributed by atoms with Crippen LogP contribution in [0.1, 0.15) is 34.1 Å². The molecule has 1 aliphatic rings. The van der Waals surface area contributed by atoms with Gasteiger partial charge in [0.2, 0.25) is 0 Å². The van der Waals surface area contributed by atoms with E-state index in [2.05, 4.69) is 35.0 Å². The van der Waals surface area contributed by atoms with Gasteiger partial charge in [0.15, 0.2) is 0 Å². The number of alkyl halides is 3. The van der Waals surface area contributed by atoms with Crippen molar-refractivity contribution in [1.82, 2.24) is 14.5 Å². The van der Waals surface area contributed by atoms with Gasteiger partial charge in [-0.05, 0) is 48.7 Å². The molecule has 2 aromatic carbocycles. The molecule has 1 aliphatic heterocycles. The van der Waals surface area contributed by atoms with Gasteiger partial charge in [-0.2, -0.15) is 13.2 Å². The van der Waals surface area contributed by atoms with Crippen molar-refractivity contribution in [1.29, 1.82) is 0 Å². The van der Waals surface area contributed by atoms with Gasteiger partial charge in [0.05, 0.1) is 11.6 Å². The second kappa shape index (κ2) is 8.96. The number of nitrogens with zero attached hydrogens (tertiary/aromatic N) is 3. The molecular weight excluding hydrogens is 419 g/mol. The number of aryl methyl sites for hydroxylation is 2. The Kier molecular flexibility index (Phi) is 6.26. The van der Waals surface area contributed by atoms with E-state index in [9.17, 15) is 18.3 Å². The molecule has 1 N–H and O–H groups in total. The molecule has 0 fully saturated rings. The predicted octanol–water partition coefficient (Wildman–Crippen LogP) is 4.29. The largest absolute Gasteiger partial charge is 0.491 e. The molecule has 170 valence electrons. The fourth-order valence-electron chi connectivity index (χ4n) is 4.17. The fourth-order valence-corrected chi connectivity index (χ4v) is 4.17. The molecule has 8 heteroatoms. The van der Waals surface area contributed by atoms with Gasteiger partial charge in [0.25, 0.3) is 0 Å². The Morgan fingerprint density at radius 1 is 1.16 bits per heavy atom. The molecule has 2 unspecified atom stereocenters. The lowest BCUT2D eigenvalue weighted by atomic mass is 9.92. The zero-order valence-electron chi connectivity index (χ0n) is 18.0. The molecule has 4 rings (SSSR count). The summed E-state index contributed by atoms with van der Waals surface area (Å²) in [7, 11) is 1.95. The molecule has 0 saturated carbocycles. The molecule has 3 aromatic rings. The van der Waals surface area contributed by atoms with Crippen molar-refractivity contribution in [3.63, 3.8) is 0 Å². The van der Waals surface area contributed by atoms with Gasteiger partial charge in [-0.3, -0.25) is 4.90 Å². The molecule has 0 saturated heterocycles. The zero-order valence-corrected chi connectivity index (χ0v) is 18.0. The van der Waals surface area contributed by atoms with E-state index in [0.29, 0.717) is 13.1 Å². The van der Waals surface area contributed by atoms with E-state index in [0.717, 1.165) is 24.4 Å². The molecule has 2 atom stereocenters. The molecule has 2 heterocycles. The smallest absolute Gasteiger partial charge is 0.416 e. The molecule has 32 heavy (non-hydrogen) atoms. The fraction of sp³-hybridized carbons (Fsp3) is 0.375. The third-order valence-electron chi connectivity index (χ3n) is 5.82. The summed E-state index contributed by atoms with van der Waals surface area (Å²) in [5.41, 5.74) is 2.98. The van der Waals surface area contributed by atoms with Crippen LogP contribution >= 0.6 is 0 Å². The topological polar surface area (TPSA) is 50.5 Å². The zero-order chi connectivity index (χ0) is 22.9. The highest BCUT2D eigenvalue weighted by atomic mass is 19.4. The number of aromatic nitrogens is 2. The van der Waals surface area contributed by atoms with Crippen LogP contribution < -0.4 is 4.74 Å². The SMILES string of the molecule is Cc1ccc2c(c1)CC(c1nccn1C)N(CC(O)COc1ccc(C(F)(F)F)cc1)C2. The highest BCUT2D eigenvalue weighted by molar-refractivity contribution is 5.35. The van der Waals surface area contributed by atoms with Crippen molar-refractivity contribution in [2.75, 3.05) is 13.2 Å². The lowest BCUT2D eigenvalue weighted by Crippen LogP contribution is -2.41. The highest BCUT2D eigenvalue weighted by Crippen LogP contribution is 2.33. The molecule has 5 nitrogen and oxygen atoms in total. The third kappa shape index (κ3) is 4.97. The third-order valence-corrected chi connectivity index (χ3v) is 5.82. The molecular formula is C24H26F3N3O2. The number of rotatable bonds is 6. The van der Waals surface area contributed by atoms with E-state index in [1.54, 1.807) is 6.20 Å². The summed E-state index contributed by atoms with van der Waals surface area (Å²) in [5, 5.41) is 10.6. The highest BCUT2D eigenvalue weighted by Gasteiger charge is 2.32. The number of fused-ring (bicyclic) bond motifs is 1. The first-order valence-electron chi connectivity index (χ1n) is 10.5. The van der Waals surface area contributed by atoms with Crippen LogP contribution in [0.4, 0.5) is 13.2 Å². The quantitative estimate of drug-likeness (QED) is 0.615. The maximum Gasteiger partial charge on any atom is 0.416 e. The molecule has 0 amide bonds. The van der Waals surface area contributed by atoms with Crippen LogP contribution in [-0.4, -0.2) is 38.8 Å². The average molecular weight is 445 g/mol. The monoisotopic (exact) mass is 445 g/mol. The van der Waals surface area contributed by atoms with E-state index in [1.807, 2.05) is 17.8 Å². The van der Waals surface area contributed by atoms with Gasteiger partial charge in [-0.25, -0.2) is 4.98 Å². The Bertz CT molecular complexity index is 1060. The summed E-state index contributed by atoms with van der Waals surface area (Å²) in [5.74, 6) is 1.21. The minimum atomic E-state index is -4.39. The van der Waals surface area contributed by atoms with Crippen LogP contribution in [-0.2, 0) is 26.2 Å². The van der Waals surface area contributed by atoms with E-state index in [-0.39, 0.29) is 18.4 Å². The number of β-amino-alcohol motifs (C(OH)–C–C–N with tert-alkyl or cyclic N) is 1. The van der Waals surface area contributed by atoms with Gasteiger partial charge in [0.1, 0.15) is 24.3 Å². The standard InChI is InChI=1S/C24H26F3N3O2/c1-16-3-4-17-13-30(22(12-18(17)11-16)23-28-9-10-29(23)2)14-20(31)15-32-21-7-5-19(6-8-21)24(25,26)27/h3-11,20,22,31H,12-15H2,1-2H3. The first kappa shape index (κ1) is 22.4. The molecule has 0 bridgehead atoms. The summed E-state index contributed by atoms with van der Waals surface area (Å²) >= 11 is 0. The van der Waals surface area contributed by atoms with Gasteiger partial charge < -0.3 is 14.4 Å². The second-order valence-electron chi connectivity index (χ2n) is 8.30. The van der Waals surface area contributed by atoms with E-state index < -0.39 is 17.8 Å². The first-order valence-corrected chi connectivity index (χ1v) is 10.5. The number of aliphatic hydroxyl groups is 1. The number of benzene rings is 2. The summed E-state index contributed by atoms with van der Waals surface area (Å²) in [6.45, 7) is 3.08. The van der Waals surface area contributed by atoms with Crippen LogP contribution in [0.3, 0.4) is 0 Å².